The van der Waals surface area contributed by atoms with Crippen molar-refractivity contribution in [3.8, 4) is 0 Å². The minimum atomic E-state index is -0.778. The minimum absolute atomic E-state index is 0.0712. The van der Waals surface area contributed by atoms with Gasteiger partial charge in [-0.3, -0.25) is 9.59 Å². The van der Waals surface area contributed by atoms with E-state index in [1.165, 1.54) is 161 Å². The van der Waals surface area contributed by atoms with Crippen molar-refractivity contribution < 1.29 is 24.2 Å². The summed E-state index contributed by atoms with van der Waals surface area (Å²) in [6.07, 6.45) is 65.9. The Kier molecular flexibility index (Phi) is 47.9. The van der Waals surface area contributed by atoms with Gasteiger partial charge >= 0.3 is 11.9 Å². The van der Waals surface area contributed by atoms with E-state index in [9.17, 15) is 14.7 Å². The first-order valence-corrected chi connectivity index (χ1v) is 25.3. The Hall–Kier alpha value is -2.40. The molecule has 1 unspecified atom stereocenters. The fourth-order valence-corrected chi connectivity index (χ4v) is 7.18. The number of hydrogen-bond acceptors (Lipinski definition) is 5. The quantitative estimate of drug-likeness (QED) is 0.0376. The molecule has 342 valence electrons. The second-order valence-corrected chi connectivity index (χ2v) is 16.9. The number of allylic oxidation sites excluding steroid dienone is 10. The van der Waals surface area contributed by atoms with Gasteiger partial charge in [-0.05, 0) is 83.5 Å². The van der Waals surface area contributed by atoms with Crippen LogP contribution in [-0.4, -0.2) is 36.4 Å². The lowest BCUT2D eigenvalue weighted by Crippen LogP contribution is -2.28. The van der Waals surface area contributed by atoms with Gasteiger partial charge in [-0.2, -0.15) is 0 Å². The average molecular weight is 825 g/mol. The fourth-order valence-electron chi connectivity index (χ4n) is 7.18. The molecule has 0 aromatic heterocycles. The molecule has 0 rings (SSSR count). The molecule has 0 bridgehead atoms. The van der Waals surface area contributed by atoms with Crippen molar-refractivity contribution in [2.75, 3.05) is 13.2 Å². The zero-order chi connectivity index (χ0) is 42.8. The summed E-state index contributed by atoms with van der Waals surface area (Å²) in [6.45, 7) is 4.12. The van der Waals surface area contributed by atoms with Gasteiger partial charge in [0.1, 0.15) is 6.61 Å². The second kappa shape index (κ2) is 50.0. The molecule has 0 saturated heterocycles. The first-order valence-electron chi connectivity index (χ1n) is 25.3. The summed E-state index contributed by atoms with van der Waals surface area (Å²) in [4.78, 5) is 24.4. The van der Waals surface area contributed by atoms with Gasteiger partial charge < -0.3 is 14.6 Å². The highest BCUT2D eigenvalue weighted by molar-refractivity contribution is 5.70. The van der Waals surface area contributed by atoms with Gasteiger partial charge in [0.05, 0.1) is 6.61 Å². The van der Waals surface area contributed by atoms with E-state index >= 15 is 0 Å². The van der Waals surface area contributed by atoms with E-state index in [0.29, 0.717) is 12.8 Å². The molecule has 0 aliphatic heterocycles. The number of unbranched alkanes of at least 4 members (excludes halogenated alkanes) is 28. The maximum Gasteiger partial charge on any atom is 0.306 e. The molecule has 5 nitrogen and oxygen atoms in total. The van der Waals surface area contributed by atoms with Crippen molar-refractivity contribution in [1.29, 1.82) is 0 Å². The summed E-state index contributed by atoms with van der Waals surface area (Å²) in [7, 11) is 0. The summed E-state index contributed by atoms with van der Waals surface area (Å²) in [6, 6.07) is 0. The summed E-state index contributed by atoms with van der Waals surface area (Å²) in [5.41, 5.74) is 0. The molecule has 0 spiro atoms. The largest absolute Gasteiger partial charge is 0.462 e. The molecule has 0 radical (unpaired) electrons. The molecule has 5 heteroatoms. The Morgan fingerprint density at radius 2 is 0.678 bits per heavy atom. The van der Waals surface area contributed by atoms with Gasteiger partial charge in [0.2, 0.25) is 0 Å². The van der Waals surface area contributed by atoms with Crippen LogP contribution in [0.15, 0.2) is 60.8 Å². The average Bonchev–Trinajstić information content (AvgIpc) is 3.24. The van der Waals surface area contributed by atoms with Crippen LogP contribution < -0.4 is 0 Å². The Balaban J connectivity index is 3.52. The Bertz CT molecular complexity index is 1020. The molecule has 1 N–H and O–H groups in total. The van der Waals surface area contributed by atoms with E-state index < -0.39 is 6.10 Å². The number of esters is 2. The number of aliphatic hydroxyl groups is 1. The van der Waals surface area contributed by atoms with E-state index in [4.69, 9.17) is 9.47 Å². The highest BCUT2D eigenvalue weighted by atomic mass is 16.6. The van der Waals surface area contributed by atoms with Gasteiger partial charge in [-0.25, -0.2) is 0 Å². The third kappa shape index (κ3) is 48.1. The van der Waals surface area contributed by atoms with Crippen LogP contribution in [0.5, 0.6) is 0 Å². The van der Waals surface area contributed by atoms with Crippen LogP contribution >= 0.6 is 0 Å². The summed E-state index contributed by atoms with van der Waals surface area (Å²) < 4.78 is 10.7. The van der Waals surface area contributed by atoms with Gasteiger partial charge in [0.25, 0.3) is 0 Å². The molecule has 1 atom stereocenters. The lowest BCUT2D eigenvalue weighted by Gasteiger charge is -2.15. The zero-order valence-electron chi connectivity index (χ0n) is 39.0. The summed E-state index contributed by atoms with van der Waals surface area (Å²) >= 11 is 0. The third-order valence-corrected chi connectivity index (χ3v) is 11.0. The SMILES string of the molecule is CCCCCC/C=C\C/C=C\CCCCCCCCCC(=O)OCC(CO)OC(=O)CCCCCCCCCCCCCC/C=C\C/C=C\C/C=C\CCCCCCC. The highest BCUT2D eigenvalue weighted by Gasteiger charge is 2.16. The Morgan fingerprint density at radius 1 is 0.390 bits per heavy atom. The smallest absolute Gasteiger partial charge is 0.306 e. The van der Waals surface area contributed by atoms with Crippen molar-refractivity contribution in [3.05, 3.63) is 60.8 Å². The standard InChI is InChI=1S/C54H96O5/c1-3-5-7-9-11-13-15-17-19-21-23-24-25-26-27-28-29-30-31-33-35-37-39-41-43-45-47-49-54(57)59-52(50-55)51-58-53(56)48-46-44-42-40-38-36-34-32-22-20-18-16-14-12-10-8-6-4-2/h14-17,20-23,25-26,52,55H,3-13,18-19,24,27-51H2,1-2H3/b16-14-,17-15-,22-20-,23-21-,26-25-. The van der Waals surface area contributed by atoms with Crippen LogP contribution in [-0.2, 0) is 19.1 Å². The highest BCUT2D eigenvalue weighted by Crippen LogP contribution is 2.15. The molecule has 0 aliphatic carbocycles. The van der Waals surface area contributed by atoms with Crippen LogP contribution in [0.25, 0.3) is 0 Å². The van der Waals surface area contributed by atoms with Crippen LogP contribution in [0.3, 0.4) is 0 Å². The van der Waals surface area contributed by atoms with Crippen molar-refractivity contribution >= 4 is 11.9 Å². The number of rotatable bonds is 46. The normalized spacial score (nSPS) is 12.7. The van der Waals surface area contributed by atoms with Gasteiger partial charge in [0, 0.05) is 12.8 Å². The van der Waals surface area contributed by atoms with E-state index in [0.717, 1.165) is 64.2 Å². The van der Waals surface area contributed by atoms with Crippen LogP contribution in [0.2, 0.25) is 0 Å². The lowest BCUT2D eigenvalue weighted by molar-refractivity contribution is -0.161. The number of aliphatic hydroxyl groups excluding tert-OH is 1. The molecular weight excluding hydrogens is 729 g/mol. The second-order valence-electron chi connectivity index (χ2n) is 16.9. The van der Waals surface area contributed by atoms with Crippen LogP contribution in [0, 0.1) is 0 Å². The molecule has 0 fully saturated rings. The monoisotopic (exact) mass is 825 g/mol. The number of ether oxygens (including phenoxy) is 2. The Labute approximate surface area is 366 Å². The number of carbonyl (C=O) groups excluding carboxylic acids is 2. The predicted molar refractivity (Wildman–Crippen MR) is 256 cm³/mol. The summed E-state index contributed by atoms with van der Waals surface area (Å²) in [5, 5.41) is 9.62. The fraction of sp³-hybridized carbons (Fsp3) is 0.778. The maximum absolute atomic E-state index is 12.3. The van der Waals surface area contributed by atoms with Gasteiger partial charge in [-0.1, -0.05) is 216 Å². The maximum atomic E-state index is 12.3. The van der Waals surface area contributed by atoms with E-state index in [1.54, 1.807) is 0 Å². The minimum Gasteiger partial charge on any atom is -0.462 e. The Morgan fingerprint density at radius 3 is 1.03 bits per heavy atom. The molecule has 0 aliphatic rings. The van der Waals surface area contributed by atoms with Crippen LogP contribution in [0.1, 0.15) is 251 Å². The molecule has 0 amide bonds. The predicted octanol–water partition coefficient (Wildman–Crippen LogP) is 16.7. The number of carbonyl (C=O) groups is 2. The zero-order valence-corrected chi connectivity index (χ0v) is 39.0. The number of hydrogen-bond donors (Lipinski definition) is 1. The molecular formula is C54H96O5. The van der Waals surface area contributed by atoms with Gasteiger partial charge in [0.15, 0.2) is 6.10 Å². The molecule has 59 heavy (non-hydrogen) atoms. The van der Waals surface area contributed by atoms with E-state index in [1.807, 2.05) is 0 Å². The first kappa shape index (κ1) is 56.6. The molecule has 0 aromatic rings. The van der Waals surface area contributed by atoms with E-state index in [-0.39, 0.29) is 25.2 Å². The van der Waals surface area contributed by atoms with Gasteiger partial charge in [-0.15, -0.1) is 0 Å². The first-order chi connectivity index (χ1) is 29.1. The molecule has 0 heterocycles. The topological polar surface area (TPSA) is 72.8 Å². The van der Waals surface area contributed by atoms with Crippen molar-refractivity contribution in [1.82, 2.24) is 0 Å². The van der Waals surface area contributed by atoms with Crippen molar-refractivity contribution in [2.24, 2.45) is 0 Å². The van der Waals surface area contributed by atoms with Crippen molar-refractivity contribution in [2.45, 2.75) is 258 Å². The third-order valence-electron chi connectivity index (χ3n) is 11.0. The lowest BCUT2D eigenvalue weighted by atomic mass is 10.0. The van der Waals surface area contributed by atoms with E-state index in [2.05, 4.69) is 74.6 Å². The van der Waals surface area contributed by atoms with Crippen LogP contribution in [0.4, 0.5) is 0 Å². The summed E-state index contributed by atoms with van der Waals surface area (Å²) in [5.74, 6) is -0.597. The van der Waals surface area contributed by atoms with Crippen molar-refractivity contribution in [3.63, 3.8) is 0 Å². The molecule has 0 saturated carbocycles. The molecule has 0 aromatic carbocycles.